The molecule has 0 radical (unpaired) electrons. The van der Waals surface area contributed by atoms with Crippen molar-refractivity contribution in [2.24, 2.45) is 11.8 Å². The zero-order valence-electron chi connectivity index (χ0n) is 19.3. The number of methoxy groups -OCH3 is 1. The highest BCUT2D eigenvalue weighted by molar-refractivity contribution is 5.71. The number of carbonyl (C=O) groups is 1. The Morgan fingerprint density at radius 3 is 2.62 bits per heavy atom. The molecule has 6 heteroatoms. The molecule has 0 amide bonds. The molecule has 0 spiro atoms. The summed E-state index contributed by atoms with van der Waals surface area (Å²) in [5.41, 5.74) is 5.36. The molecule has 0 bridgehead atoms. The third kappa shape index (κ3) is 4.42. The van der Waals surface area contributed by atoms with Crippen molar-refractivity contribution in [2.45, 2.75) is 44.8 Å². The largest absolute Gasteiger partial charge is 0.481 e. The number of rotatable bonds is 7. The van der Waals surface area contributed by atoms with Crippen molar-refractivity contribution in [2.75, 3.05) is 7.11 Å². The van der Waals surface area contributed by atoms with E-state index in [0.29, 0.717) is 30.4 Å². The first-order valence-corrected chi connectivity index (χ1v) is 11.7. The summed E-state index contributed by atoms with van der Waals surface area (Å²) in [6.07, 6.45) is 3.96. The molecule has 0 unspecified atom stereocenters. The van der Waals surface area contributed by atoms with Gasteiger partial charge in [-0.2, -0.15) is 0 Å². The van der Waals surface area contributed by atoms with Crippen LogP contribution < -0.4 is 4.74 Å². The number of fused-ring (bicyclic) bond motifs is 1. The molecule has 2 heterocycles. The Morgan fingerprint density at radius 2 is 1.91 bits per heavy atom. The lowest BCUT2D eigenvalue weighted by Crippen LogP contribution is -2.22. The molecule has 1 fully saturated rings. The highest BCUT2D eigenvalue weighted by atomic mass is 19.1. The third-order valence-electron chi connectivity index (χ3n) is 7.14. The summed E-state index contributed by atoms with van der Waals surface area (Å²) in [5.74, 6) is -0.586. The number of carboxylic acids is 1. The van der Waals surface area contributed by atoms with E-state index in [2.05, 4.69) is 11.1 Å². The van der Waals surface area contributed by atoms with Crippen molar-refractivity contribution >= 4 is 5.97 Å². The van der Waals surface area contributed by atoms with E-state index in [1.807, 2.05) is 24.3 Å². The van der Waals surface area contributed by atoms with Crippen LogP contribution in [0.3, 0.4) is 0 Å². The normalized spacial score (nSPS) is 19.2. The summed E-state index contributed by atoms with van der Waals surface area (Å²) in [5, 5.41) is 9.61. The molecule has 34 heavy (non-hydrogen) atoms. The molecule has 3 atom stereocenters. The van der Waals surface area contributed by atoms with Crippen molar-refractivity contribution in [3.8, 4) is 17.0 Å². The number of pyridine rings is 1. The molecular weight excluding hydrogens is 433 g/mol. The highest BCUT2D eigenvalue weighted by Gasteiger charge is 2.39. The topological polar surface area (TPSA) is 68.7 Å². The predicted molar refractivity (Wildman–Crippen MR) is 126 cm³/mol. The molecule has 5 rings (SSSR count). The second kappa shape index (κ2) is 9.18. The van der Waals surface area contributed by atoms with E-state index in [4.69, 9.17) is 9.47 Å². The van der Waals surface area contributed by atoms with Crippen LogP contribution in [0.1, 0.15) is 54.0 Å². The molecule has 176 valence electrons. The minimum Gasteiger partial charge on any atom is -0.481 e. The van der Waals surface area contributed by atoms with E-state index in [9.17, 15) is 9.90 Å². The molecule has 0 saturated heterocycles. The number of ether oxygens (including phenoxy) is 2. The van der Waals surface area contributed by atoms with Crippen molar-refractivity contribution in [3.05, 3.63) is 82.8 Å². The van der Waals surface area contributed by atoms with Gasteiger partial charge in [0.15, 0.2) is 0 Å². The van der Waals surface area contributed by atoms with Gasteiger partial charge in [-0.25, -0.2) is 9.37 Å². The lowest BCUT2D eigenvalue weighted by Gasteiger charge is -2.28. The van der Waals surface area contributed by atoms with E-state index < -0.39 is 11.9 Å². The smallest absolute Gasteiger partial charge is 0.306 e. The number of nitrogens with zero attached hydrogens (tertiary/aromatic N) is 1. The van der Waals surface area contributed by atoms with Crippen molar-refractivity contribution in [1.82, 2.24) is 4.98 Å². The van der Waals surface area contributed by atoms with Gasteiger partial charge in [0, 0.05) is 24.2 Å². The summed E-state index contributed by atoms with van der Waals surface area (Å²) >= 11 is 0. The molecule has 2 aromatic carbocycles. The fourth-order valence-corrected chi connectivity index (χ4v) is 5.08. The van der Waals surface area contributed by atoms with Crippen LogP contribution in [0.2, 0.25) is 0 Å². The van der Waals surface area contributed by atoms with Gasteiger partial charge in [0.2, 0.25) is 5.88 Å². The monoisotopic (exact) mass is 461 g/mol. The number of halogens is 1. The van der Waals surface area contributed by atoms with Gasteiger partial charge in [0.25, 0.3) is 0 Å². The van der Waals surface area contributed by atoms with Gasteiger partial charge in [-0.05, 0) is 64.6 Å². The molecule has 5 nitrogen and oxygen atoms in total. The first-order valence-electron chi connectivity index (χ1n) is 11.7. The zero-order valence-corrected chi connectivity index (χ0v) is 19.3. The Morgan fingerprint density at radius 1 is 1.12 bits per heavy atom. The fourth-order valence-electron chi connectivity index (χ4n) is 5.08. The van der Waals surface area contributed by atoms with Crippen molar-refractivity contribution in [3.63, 3.8) is 0 Å². The lowest BCUT2D eigenvalue weighted by atomic mass is 9.81. The van der Waals surface area contributed by atoms with E-state index in [1.54, 1.807) is 32.4 Å². The van der Waals surface area contributed by atoms with Crippen LogP contribution in [0.25, 0.3) is 11.1 Å². The molecule has 2 aliphatic rings. The van der Waals surface area contributed by atoms with Gasteiger partial charge >= 0.3 is 5.97 Å². The van der Waals surface area contributed by atoms with Gasteiger partial charge in [-0.3, -0.25) is 4.79 Å². The number of carboxylic acid groups (broad SMARTS) is 1. The summed E-state index contributed by atoms with van der Waals surface area (Å²) < 4.78 is 26.4. The Kier molecular flexibility index (Phi) is 6.09. The molecule has 1 N–H and O–H groups in total. The maximum absolute atomic E-state index is 15.2. The maximum atomic E-state index is 15.2. The molecule has 1 aliphatic heterocycles. The standard InChI is InChI=1S/C28H28FNO4/c1-16(28(31)32)27(17-3-4-17)20-5-6-21-15-34-25(13-22(21)11-20)23-8-7-18(12-24(23)29)19-9-10-30-26(14-19)33-2/h5-12,14,16-17,25,27H,3-4,13,15H2,1-2H3,(H,31,32)/t16-,25-,27-/m0/s1. The molecule has 1 aliphatic carbocycles. The van der Waals surface area contributed by atoms with Gasteiger partial charge < -0.3 is 14.6 Å². The Hall–Kier alpha value is -3.25. The molecule has 1 aromatic heterocycles. The van der Waals surface area contributed by atoms with Crippen molar-refractivity contribution < 1.29 is 23.8 Å². The first kappa shape index (κ1) is 22.5. The summed E-state index contributed by atoms with van der Waals surface area (Å²) in [6, 6.07) is 15.0. The summed E-state index contributed by atoms with van der Waals surface area (Å²) in [4.78, 5) is 15.8. The van der Waals surface area contributed by atoms with Crippen LogP contribution >= 0.6 is 0 Å². The van der Waals surface area contributed by atoms with E-state index in [-0.39, 0.29) is 17.8 Å². The Labute approximate surface area is 198 Å². The fraction of sp³-hybridized carbons (Fsp3) is 0.357. The minimum atomic E-state index is -0.759. The average molecular weight is 462 g/mol. The number of hydrogen-bond donors (Lipinski definition) is 1. The lowest BCUT2D eigenvalue weighted by molar-refractivity contribution is -0.142. The van der Waals surface area contributed by atoms with Crippen LogP contribution in [0.5, 0.6) is 5.88 Å². The predicted octanol–water partition coefficient (Wildman–Crippen LogP) is 5.92. The van der Waals surface area contributed by atoms with E-state index >= 15 is 4.39 Å². The summed E-state index contributed by atoms with van der Waals surface area (Å²) in [6.45, 7) is 2.21. The van der Waals surface area contributed by atoms with Crippen LogP contribution in [-0.2, 0) is 22.6 Å². The van der Waals surface area contributed by atoms with Crippen LogP contribution in [0.15, 0.2) is 54.7 Å². The van der Waals surface area contributed by atoms with Gasteiger partial charge in [0.05, 0.1) is 25.7 Å². The number of hydrogen-bond acceptors (Lipinski definition) is 4. The number of benzene rings is 2. The van der Waals surface area contributed by atoms with E-state index in [1.165, 1.54) is 6.07 Å². The van der Waals surface area contributed by atoms with Crippen molar-refractivity contribution in [1.29, 1.82) is 0 Å². The molecular formula is C28H28FNO4. The highest BCUT2D eigenvalue weighted by Crippen LogP contribution is 2.47. The zero-order chi connectivity index (χ0) is 23.8. The summed E-state index contributed by atoms with van der Waals surface area (Å²) in [7, 11) is 1.55. The van der Waals surface area contributed by atoms with Gasteiger partial charge in [-0.15, -0.1) is 0 Å². The van der Waals surface area contributed by atoms with Crippen LogP contribution in [0.4, 0.5) is 4.39 Å². The molecule has 3 aromatic rings. The maximum Gasteiger partial charge on any atom is 0.306 e. The quantitative estimate of drug-likeness (QED) is 0.473. The van der Waals surface area contributed by atoms with E-state index in [0.717, 1.165) is 40.7 Å². The Bertz CT molecular complexity index is 1220. The van der Waals surface area contributed by atoms with Crippen LogP contribution in [0, 0.1) is 17.7 Å². The van der Waals surface area contributed by atoms with Gasteiger partial charge in [-0.1, -0.05) is 37.3 Å². The SMILES string of the molecule is COc1cc(-c2ccc([C@@H]3Cc4cc([C@H](C5CC5)[C@H](C)C(=O)O)ccc4CO3)c(F)c2)ccn1. The minimum absolute atomic E-state index is 0.0115. The average Bonchev–Trinajstić information content (AvgIpc) is 3.68. The van der Waals surface area contributed by atoms with Gasteiger partial charge in [0.1, 0.15) is 5.82 Å². The molecule has 1 saturated carbocycles. The number of aromatic nitrogens is 1. The Balaban J connectivity index is 1.40. The second-order valence-corrected chi connectivity index (χ2v) is 9.35. The second-order valence-electron chi connectivity index (χ2n) is 9.35. The first-order chi connectivity index (χ1) is 16.4. The third-order valence-corrected chi connectivity index (χ3v) is 7.14. The number of aliphatic carboxylic acids is 1. The van der Waals surface area contributed by atoms with Crippen LogP contribution in [-0.4, -0.2) is 23.2 Å².